The summed E-state index contributed by atoms with van der Waals surface area (Å²) in [6, 6.07) is -1.30. The van der Waals surface area contributed by atoms with Crippen LogP contribution in [-0.2, 0) is 21.2 Å². The maximum atomic E-state index is 12.4. The number of amides is 2. The molecule has 0 saturated carbocycles. The number of nitrogens with zero attached hydrogens (tertiary/aromatic N) is 5. The van der Waals surface area contributed by atoms with E-state index in [9.17, 15) is 13.2 Å². The van der Waals surface area contributed by atoms with Gasteiger partial charge in [0.05, 0.1) is 12.6 Å². The highest BCUT2D eigenvalue weighted by Gasteiger charge is 2.49. The van der Waals surface area contributed by atoms with Gasteiger partial charge in [0.1, 0.15) is 6.04 Å². The van der Waals surface area contributed by atoms with Crippen LogP contribution < -0.4 is 5.73 Å². The molecule has 2 unspecified atom stereocenters. The molecule has 4 heterocycles. The van der Waals surface area contributed by atoms with Crippen molar-refractivity contribution in [2.45, 2.75) is 50.4 Å². The summed E-state index contributed by atoms with van der Waals surface area (Å²) in [6.45, 7) is 2.54. The Morgan fingerprint density at radius 3 is 2.67 bits per heavy atom. The lowest BCUT2D eigenvalue weighted by Crippen LogP contribution is -2.39. The molecule has 2 atom stereocenters. The lowest BCUT2D eigenvalue weighted by atomic mass is 10.0. The molecule has 3 aliphatic heterocycles. The number of carbonyl (C=O) groups is 1. The topological polar surface area (TPSA) is 155 Å². The largest absolute Gasteiger partial charge is 0.422 e. The van der Waals surface area contributed by atoms with Crippen LogP contribution in [0.25, 0.3) is 0 Å². The van der Waals surface area contributed by atoms with E-state index in [0.717, 1.165) is 25.9 Å². The fourth-order valence-corrected chi connectivity index (χ4v) is 4.24. The van der Waals surface area contributed by atoms with Crippen LogP contribution in [0.3, 0.4) is 0 Å². The van der Waals surface area contributed by atoms with Gasteiger partial charge in [0, 0.05) is 25.7 Å². The summed E-state index contributed by atoms with van der Waals surface area (Å²) in [4.78, 5) is 16.1. The molecule has 12 nitrogen and oxygen atoms in total. The van der Waals surface area contributed by atoms with E-state index in [1.807, 2.05) is 0 Å². The first-order valence-corrected chi connectivity index (χ1v) is 10.2. The highest BCUT2D eigenvalue weighted by atomic mass is 32.3. The van der Waals surface area contributed by atoms with Crippen molar-refractivity contribution in [1.82, 2.24) is 25.1 Å². The predicted molar refractivity (Wildman–Crippen MR) is 89.1 cm³/mol. The van der Waals surface area contributed by atoms with Crippen molar-refractivity contribution in [2.24, 2.45) is 5.73 Å². The van der Waals surface area contributed by atoms with Crippen molar-refractivity contribution in [2.75, 3.05) is 19.6 Å². The number of carbonyl (C=O) groups excluding carboxylic acids is 1. The summed E-state index contributed by atoms with van der Waals surface area (Å²) in [5.41, 5.74) is 5.91. The highest BCUT2D eigenvalue weighted by Crippen LogP contribution is 2.38. The lowest BCUT2D eigenvalue weighted by Gasteiger charge is -2.29. The normalized spacial score (nSPS) is 27.6. The van der Waals surface area contributed by atoms with Crippen molar-refractivity contribution < 1.29 is 26.5 Å². The Labute approximate surface area is 156 Å². The van der Waals surface area contributed by atoms with Crippen LogP contribution in [0.1, 0.15) is 43.5 Å². The molecule has 13 heteroatoms. The lowest BCUT2D eigenvalue weighted by molar-refractivity contribution is -0.0317. The second-order valence-electron chi connectivity index (χ2n) is 7.16. The molecule has 3 N–H and O–H groups in total. The molecule has 150 valence electrons. The molecule has 0 radical (unpaired) electrons. The van der Waals surface area contributed by atoms with Crippen LogP contribution in [0.15, 0.2) is 4.42 Å². The van der Waals surface area contributed by atoms with Gasteiger partial charge >= 0.3 is 16.4 Å². The number of nitrogens with two attached hydrogens (primary N) is 1. The molecule has 3 aliphatic rings. The molecule has 3 fully saturated rings. The number of hydrogen-bond acceptors (Lipinski definition) is 9. The second kappa shape index (κ2) is 6.98. The van der Waals surface area contributed by atoms with E-state index in [2.05, 4.69) is 19.4 Å². The molecule has 0 spiro atoms. The Balaban J connectivity index is 1.43. The SMILES string of the molecule is NC1CCN(Cc2nnc(C3CCC4CN3C(=O)N4OS(=O)(=O)O)o2)CC1. The van der Waals surface area contributed by atoms with Gasteiger partial charge in [0.2, 0.25) is 11.8 Å². The molecule has 1 aromatic heterocycles. The van der Waals surface area contributed by atoms with Gasteiger partial charge < -0.3 is 15.1 Å². The van der Waals surface area contributed by atoms with Gasteiger partial charge in [0.15, 0.2) is 0 Å². The minimum Gasteiger partial charge on any atom is -0.422 e. The number of piperidine rings is 2. The molecule has 1 aromatic rings. The zero-order valence-electron chi connectivity index (χ0n) is 14.6. The molecule has 4 rings (SSSR count). The molecule has 0 aliphatic carbocycles. The summed E-state index contributed by atoms with van der Waals surface area (Å²) >= 11 is 0. The average molecular weight is 402 g/mol. The second-order valence-corrected chi connectivity index (χ2v) is 8.16. The Morgan fingerprint density at radius 2 is 1.96 bits per heavy atom. The van der Waals surface area contributed by atoms with E-state index in [-0.39, 0.29) is 12.6 Å². The summed E-state index contributed by atoms with van der Waals surface area (Å²) in [7, 11) is -4.76. The fraction of sp³-hybridized carbons (Fsp3) is 0.786. The fourth-order valence-electron chi connectivity index (χ4n) is 3.86. The first-order chi connectivity index (χ1) is 12.8. The molecule has 3 saturated heterocycles. The van der Waals surface area contributed by atoms with Crippen molar-refractivity contribution in [3.63, 3.8) is 0 Å². The van der Waals surface area contributed by atoms with Crippen molar-refractivity contribution in [3.05, 3.63) is 11.8 Å². The predicted octanol–water partition coefficient (Wildman–Crippen LogP) is -0.332. The smallest absolute Gasteiger partial charge is 0.418 e. The van der Waals surface area contributed by atoms with Crippen LogP contribution in [0.4, 0.5) is 4.79 Å². The third-order valence-electron chi connectivity index (χ3n) is 5.26. The van der Waals surface area contributed by atoms with Gasteiger partial charge in [-0.05, 0) is 25.7 Å². The van der Waals surface area contributed by atoms with Gasteiger partial charge in [-0.3, -0.25) is 9.45 Å². The first-order valence-electron chi connectivity index (χ1n) is 8.87. The number of aromatic nitrogens is 2. The summed E-state index contributed by atoms with van der Waals surface area (Å²) in [5, 5.41) is 8.86. The molecular weight excluding hydrogens is 380 g/mol. The summed E-state index contributed by atoms with van der Waals surface area (Å²) in [5.74, 6) is 0.791. The highest BCUT2D eigenvalue weighted by molar-refractivity contribution is 7.80. The number of fused-ring (bicyclic) bond motifs is 2. The van der Waals surface area contributed by atoms with Crippen LogP contribution in [0, 0.1) is 0 Å². The number of urea groups is 1. The van der Waals surface area contributed by atoms with E-state index in [0.29, 0.717) is 36.2 Å². The van der Waals surface area contributed by atoms with Crippen molar-refractivity contribution in [1.29, 1.82) is 0 Å². The number of likely N-dealkylation sites (tertiary alicyclic amines) is 1. The molecular formula is C14H22N6O6S. The third kappa shape index (κ3) is 3.91. The van der Waals surface area contributed by atoms with Gasteiger partial charge in [-0.2, -0.15) is 13.5 Å². The van der Waals surface area contributed by atoms with Crippen molar-refractivity contribution >= 4 is 16.4 Å². The third-order valence-corrected chi connectivity index (χ3v) is 5.60. The molecule has 27 heavy (non-hydrogen) atoms. The minimum absolute atomic E-state index is 0.240. The van der Waals surface area contributed by atoms with Crippen LogP contribution >= 0.6 is 0 Å². The Kier molecular flexibility index (Phi) is 4.80. The summed E-state index contributed by atoms with van der Waals surface area (Å²) in [6.07, 6.45) is 2.87. The maximum Gasteiger partial charge on any atom is 0.418 e. The molecule has 2 amide bonds. The number of hydrogen-bond donors (Lipinski definition) is 2. The minimum atomic E-state index is -4.76. The van der Waals surface area contributed by atoms with E-state index < -0.39 is 28.5 Å². The standard InChI is InChI=1S/C14H22N6O6S/c15-9-3-5-18(6-4-9)8-12-16-17-13(25-12)11-2-1-10-7-19(11)14(21)20(10)26-27(22,23)24/h9-11H,1-8,15H2,(H,22,23,24). The zero-order valence-corrected chi connectivity index (χ0v) is 15.4. The van der Waals surface area contributed by atoms with Crippen LogP contribution in [0.5, 0.6) is 0 Å². The Bertz CT molecular complexity index is 807. The van der Waals surface area contributed by atoms with Gasteiger partial charge in [0.25, 0.3) is 0 Å². The van der Waals surface area contributed by atoms with Gasteiger partial charge in [-0.1, -0.05) is 0 Å². The van der Waals surface area contributed by atoms with E-state index in [4.69, 9.17) is 14.7 Å². The van der Waals surface area contributed by atoms with Gasteiger partial charge in [-0.15, -0.1) is 14.5 Å². The van der Waals surface area contributed by atoms with Crippen molar-refractivity contribution in [3.8, 4) is 0 Å². The first kappa shape index (κ1) is 18.6. The maximum absolute atomic E-state index is 12.4. The van der Waals surface area contributed by atoms with E-state index in [1.165, 1.54) is 4.90 Å². The molecule has 0 aromatic carbocycles. The van der Waals surface area contributed by atoms with Crippen LogP contribution in [0.2, 0.25) is 0 Å². The Morgan fingerprint density at radius 1 is 1.22 bits per heavy atom. The zero-order chi connectivity index (χ0) is 19.2. The number of hydroxylamine groups is 2. The molecule has 2 bridgehead atoms. The van der Waals surface area contributed by atoms with Gasteiger partial charge in [-0.25, -0.2) is 4.79 Å². The quantitative estimate of drug-likeness (QED) is 0.625. The van der Waals surface area contributed by atoms with Crippen LogP contribution in [-0.4, -0.2) is 75.8 Å². The van der Waals surface area contributed by atoms with E-state index >= 15 is 0 Å². The average Bonchev–Trinajstić information content (AvgIpc) is 3.16. The monoisotopic (exact) mass is 402 g/mol. The number of rotatable bonds is 5. The summed E-state index contributed by atoms with van der Waals surface area (Å²) < 4.78 is 40.9. The Hall–Kier alpha value is -1.80. The van der Waals surface area contributed by atoms with E-state index in [1.54, 1.807) is 0 Å².